The number of pyridine rings is 1. The van der Waals surface area contributed by atoms with Gasteiger partial charge in [0, 0.05) is 26.7 Å². The van der Waals surface area contributed by atoms with Crippen molar-refractivity contribution < 1.29 is 0 Å². The van der Waals surface area contributed by atoms with E-state index >= 15 is 0 Å². The average Bonchev–Trinajstić information content (AvgIpc) is 3.11. The normalized spacial score (nSPS) is 12.4. The van der Waals surface area contributed by atoms with E-state index in [9.17, 15) is 0 Å². The zero-order valence-corrected chi connectivity index (χ0v) is 22.8. The molecule has 2 aromatic heterocycles. The number of rotatable bonds is 4. The number of allylic oxidation sites excluding steroid dienone is 3. The van der Waals surface area contributed by atoms with Crippen LogP contribution in [0, 0.1) is 0 Å². The first kappa shape index (κ1) is 23.6. The predicted molar refractivity (Wildman–Crippen MR) is 167 cm³/mol. The Morgan fingerprint density at radius 2 is 1.31 bits per heavy atom. The molecule has 1 aliphatic rings. The van der Waals surface area contributed by atoms with Gasteiger partial charge in [0.05, 0.1) is 22.6 Å². The van der Waals surface area contributed by atoms with Gasteiger partial charge in [0.1, 0.15) is 0 Å². The van der Waals surface area contributed by atoms with Gasteiger partial charge in [-0.1, -0.05) is 113 Å². The van der Waals surface area contributed by atoms with E-state index in [0.717, 1.165) is 50.2 Å². The third kappa shape index (κ3) is 4.45. The van der Waals surface area contributed by atoms with Crippen LogP contribution in [-0.4, -0.2) is 9.55 Å². The summed E-state index contributed by atoms with van der Waals surface area (Å²) in [6, 6.07) is 40.7. The lowest BCUT2D eigenvalue weighted by Crippen LogP contribution is -1.98. The largest absolute Gasteiger partial charge is 0.310 e. The van der Waals surface area contributed by atoms with Crippen molar-refractivity contribution in [1.29, 1.82) is 0 Å². The number of nitrogens with zero attached hydrogens (tertiary/aromatic N) is 2. The second kappa shape index (κ2) is 10.0. The zero-order valence-electron chi connectivity index (χ0n) is 21.3. The fourth-order valence-electron chi connectivity index (χ4n) is 5.46. The summed E-state index contributed by atoms with van der Waals surface area (Å²) in [5, 5.41) is 1.29. The van der Waals surface area contributed by atoms with Crippen LogP contribution in [-0.2, 0) is 6.42 Å². The molecule has 186 valence electrons. The Morgan fingerprint density at radius 3 is 2.03 bits per heavy atom. The molecule has 1 aliphatic carbocycles. The molecule has 0 saturated carbocycles. The Labute approximate surface area is 236 Å². The zero-order chi connectivity index (χ0) is 26.2. The van der Waals surface area contributed by atoms with Crippen LogP contribution in [0.15, 0.2) is 138 Å². The van der Waals surface area contributed by atoms with Crippen LogP contribution in [0.25, 0.3) is 56.3 Å². The first-order chi connectivity index (χ1) is 19.2. The second-order valence-electron chi connectivity index (χ2n) is 9.76. The lowest BCUT2D eigenvalue weighted by atomic mass is 9.99. The number of fused-ring (bicyclic) bond motifs is 3. The second-order valence-corrected chi connectivity index (χ2v) is 10.7. The molecule has 0 atom stereocenters. The molecule has 0 aliphatic heterocycles. The number of benzene rings is 4. The van der Waals surface area contributed by atoms with Crippen molar-refractivity contribution in [2.45, 2.75) is 6.42 Å². The Balaban J connectivity index is 1.43. The van der Waals surface area contributed by atoms with E-state index in [0.29, 0.717) is 0 Å². The van der Waals surface area contributed by atoms with Crippen LogP contribution in [0.4, 0.5) is 0 Å². The molecular formula is C36H25BrN2. The SMILES string of the molecule is Brc1ccc2c3c(n(-c4cccc(-c5cc(-c6ccccc6)nc(-c6ccccc6)c5)c4)c2c1)C=CC=CC3. The summed E-state index contributed by atoms with van der Waals surface area (Å²) in [7, 11) is 0. The van der Waals surface area contributed by atoms with E-state index in [1.54, 1.807) is 0 Å². The van der Waals surface area contributed by atoms with Gasteiger partial charge in [-0.05, 0) is 65.6 Å². The van der Waals surface area contributed by atoms with Gasteiger partial charge in [0.2, 0.25) is 0 Å². The minimum atomic E-state index is 0.915. The van der Waals surface area contributed by atoms with E-state index in [1.807, 2.05) is 12.1 Å². The molecule has 2 nitrogen and oxygen atoms in total. The summed E-state index contributed by atoms with van der Waals surface area (Å²) in [6.45, 7) is 0. The molecule has 0 amide bonds. The molecule has 0 radical (unpaired) electrons. The van der Waals surface area contributed by atoms with Gasteiger partial charge in [-0.2, -0.15) is 0 Å². The Morgan fingerprint density at radius 1 is 0.615 bits per heavy atom. The number of hydrogen-bond donors (Lipinski definition) is 0. The topological polar surface area (TPSA) is 17.8 Å². The van der Waals surface area contributed by atoms with E-state index in [-0.39, 0.29) is 0 Å². The molecule has 3 heteroatoms. The summed E-state index contributed by atoms with van der Waals surface area (Å²) in [4.78, 5) is 5.06. The maximum absolute atomic E-state index is 5.06. The van der Waals surface area contributed by atoms with Crippen LogP contribution in [0.2, 0.25) is 0 Å². The average molecular weight is 566 g/mol. The Bertz CT molecular complexity index is 1820. The first-order valence-electron chi connectivity index (χ1n) is 13.1. The molecule has 0 fully saturated rings. The van der Waals surface area contributed by atoms with Crippen LogP contribution < -0.4 is 0 Å². The van der Waals surface area contributed by atoms with E-state index in [2.05, 4.69) is 148 Å². The van der Waals surface area contributed by atoms with E-state index in [1.165, 1.54) is 22.2 Å². The van der Waals surface area contributed by atoms with Crippen molar-refractivity contribution in [3.63, 3.8) is 0 Å². The van der Waals surface area contributed by atoms with Gasteiger partial charge < -0.3 is 4.57 Å². The highest BCUT2D eigenvalue weighted by Gasteiger charge is 2.18. The van der Waals surface area contributed by atoms with Gasteiger partial charge in [-0.25, -0.2) is 4.98 Å². The maximum Gasteiger partial charge on any atom is 0.0715 e. The summed E-state index contributed by atoms with van der Waals surface area (Å²) >= 11 is 3.71. The van der Waals surface area contributed by atoms with Crippen molar-refractivity contribution in [1.82, 2.24) is 9.55 Å². The van der Waals surface area contributed by atoms with Crippen molar-refractivity contribution in [2.24, 2.45) is 0 Å². The van der Waals surface area contributed by atoms with Crippen molar-refractivity contribution in [2.75, 3.05) is 0 Å². The van der Waals surface area contributed by atoms with Crippen LogP contribution in [0.5, 0.6) is 0 Å². The van der Waals surface area contributed by atoms with Crippen molar-refractivity contribution >= 4 is 32.9 Å². The molecule has 0 saturated heterocycles. The van der Waals surface area contributed by atoms with Gasteiger partial charge in [-0.15, -0.1) is 0 Å². The van der Waals surface area contributed by atoms with Gasteiger partial charge >= 0.3 is 0 Å². The lowest BCUT2D eigenvalue weighted by molar-refractivity contribution is 1.09. The monoisotopic (exact) mass is 564 g/mol. The lowest BCUT2D eigenvalue weighted by Gasteiger charge is -2.14. The molecule has 0 bridgehead atoms. The molecule has 0 N–H and O–H groups in total. The highest BCUT2D eigenvalue weighted by atomic mass is 79.9. The van der Waals surface area contributed by atoms with Crippen LogP contribution in [0.1, 0.15) is 11.3 Å². The summed E-state index contributed by atoms with van der Waals surface area (Å²) in [5.74, 6) is 0. The molecule has 0 unspecified atom stereocenters. The predicted octanol–water partition coefficient (Wildman–Crippen LogP) is 9.91. The molecule has 2 heterocycles. The van der Waals surface area contributed by atoms with Crippen LogP contribution >= 0.6 is 15.9 Å². The third-order valence-corrected chi connectivity index (χ3v) is 7.79. The minimum absolute atomic E-state index is 0.915. The highest BCUT2D eigenvalue weighted by molar-refractivity contribution is 9.10. The maximum atomic E-state index is 5.06. The molecule has 6 aromatic rings. The fourth-order valence-corrected chi connectivity index (χ4v) is 5.81. The Kier molecular flexibility index (Phi) is 6.07. The number of halogens is 1. The molecule has 7 rings (SSSR count). The van der Waals surface area contributed by atoms with Crippen LogP contribution in [0.3, 0.4) is 0 Å². The van der Waals surface area contributed by atoms with E-state index in [4.69, 9.17) is 4.98 Å². The molecular weight excluding hydrogens is 540 g/mol. The van der Waals surface area contributed by atoms with Gasteiger partial charge in [0.25, 0.3) is 0 Å². The standard InChI is InChI=1S/C36H25BrN2/c37-29-19-20-32-31-17-8-3-9-18-35(31)39(36(32)24-29)30-16-10-15-27(21-30)28-22-33(25-11-4-1-5-12-25)38-34(23-28)26-13-6-2-7-14-26/h1-16,18-24H,17H2. The Hall–Kier alpha value is -4.47. The fraction of sp³-hybridized carbons (Fsp3) is 0.0278. The summed E-state index contributed by atoms with van der Waals surface area (Å²) in [5.41, 5.74) is 11.4. The third-order valence-electron chi connectivity index (χ3n) is 7.30. The minimum Gasteiger partial charge on any atom is -0.310 e. The molecule has 4 aromatic carbocycles. The van der Waals surface area contributed by atoms with E-state index < -0.39 is 0 Å². The van der Waals surface area contributed by atoms with Gasteiger partial charge in [0.15, 0.2) is 0 Å². The summed E-state index contributed by atoms with van der Waals surface area (Å²) in [6.07, 6.45) is 9.66. The summed E-state index contributed by atoms with van der Waals surface area (Å²) < 4.78 is 3.47. The number of aromatic nitrogens is 2. The van der Waals surface area contributed by atoms with Crippen molar-refractivity contribution in [3.05, 3.63) is 149 Å². The smallest absolute Gasteiger partial charge is 0.0715 e. The molecule has 39 heavy (non-hydrogen) atoms. The first-order valence-corrected chi connectivity index (χ1v) is 13.9. The quantitative estimate of drug-likeness (QED) is 0.208. The number of hydrogen-bond acceptors (Lipinski definition) is 1. The highest BCUT2D eigenvalue weighted by Crippen LogP contribution is 2.36. The molecule has 0 spiro atoms. The van der Waals surface area contributed by atoms with Gasteiger partial charge in [-0.3, -0.25) is 0 Å². The van der Waals surface area contributed by atoms with Crippen molar-refractivity contribution in [3.8, 4) is 39.3 Å².